The molecule has 20 heavy (non-hydrogen) atoms. The van der Waals surface area contributed by atoms with E-state index in [4.69, 9.17) is 5.11 Å². The molecule has 0 saturated carbocycles. The number of hydrogen-bond acceptors (Lipinski definition) is 2. The molecule has 4 heteroatoms. The van der Waals surface area contributed by atoms with Gasteiger partial charge in [0.05, 0.1) is 5.69 Å². The highest BCUT2D eigenvalue weighted by atomic mass is 16.4. The number of aromatic carboxylic acids is 1. The van der Waals surface area contributed by atoms with Crippen LogP contribution < -0.4 is 5.56 Å². The van der Waals surface area contributed by atoms with Crippen molar-refractivity contribution in [3.8, 4) is 5.69 Å². The molecule has 1 N–H and O–H groups in total. The Morgan fingerprint density at radius 3 is 2.10 bits per heavy atom. The van der Waals surface area contributed by atoms with E-state index in [1.807, 2.05) is 32.9 Å². The second-order valence-electron chi connectivity index (χ2n) is 5.08. The van der Waals surface area contributed by atoms with Crippen LogP contribution in [-0.4, -0.2) is 15.6 Å². The number of pyridine rings is 1. The normalized spacial score (nSPS) is 10.6. The molecule has 0 spiro atoms. The van der Waals surface area contributed by atoms with E-state index in [1.54, 1.807) is 13.0 Å². The van der Waals surface area contributed by atoms with Crippen molar-refractivity contribution >= 4 is 5.97 Å². The molecule has 0 amide bonds. The molecule has 0 radical (unpaired) electrons. The number of benzene rings is 1. The molecule has 104 valence electrons. The van der Waals surface area contributed by atoms with Crippen molar-refractivity contribution in [3.63, 3.8) is 0 Å². The first kappa shape index (κ1) is 14.1. The summed E-state index contributed by atoms with van der Waals surface area (Å²) in [6.07, 6.45) is 0. The number of carbonyl (C=O) groups is 1. The highest BCUT2D eigenvalue weighted by Crippen LogP contribution is 2.21. The van der Waals surface area contributed by atoms with Crippen LogP contribution in [0.2, 0.25) is 0 Å². The molecule has 0 unspecified atom stereocenters. The van der Waals surface area contributed by atoms with Crippen LogP contribution in [0.5, 0.6) is 0 Å². The van der Waals surface area contributed by atoms with Crippen LogP contribution in [0.3, 0.4) is 0 Å². The fourth-order valence-electron chi connectivity index (χ4n) is 2.60. The van der Waals surface area contributed by atoms with Gasteiger partial charge in [-0.3, -0.25) is 9.36 Å². The maximum Gasteiger partial charge on any atom is 0.341 e. The van der Waals surface area contributed by atoms with E-state index in [0.717, 1.165) is 28.1 Å². The maximum atomic E-state index is 12.4. The molecular weight excluding hydrogens is 254 g/mol. The summed E-state index contributed by atoms with van der Waals surface area (Å²) in [5.41, 5.74) is 3.80. The van der Waals surface area contributed by atoms with Crippen LogP contribution >= 0.6 is 0 Å². The van der Waals surface area contributed by atoms with Gasteiger partial charge in [0, 0.05) is 5.69 Å². The van der Waals surface area contributed by atoms with Gasteiger partial charge in [-0.05, 0) is 51.0 Å². The third-order valence-corrected chi connectivity index (χ3v) is 3.37. The van der Waals surface area contributed by atoms with Crippen LogP contribution in [0.4, 0.5) is 0 Å². The van der Waals surface area contributed by atoms with Gasteiger partial charge >= 0.3 is 5.97 Å². The van der Waals surface area contributed by atoms with Gasteiger partial charge in [0.1, 0.15) is 5.56 Å². The van der Waals surface area contributed by atoms with E-state index >= 15 is 0 Å². The molecule has 0 fully saturated rings. The zero-order valence-corrected chi connectivity index (χ0v) is 12.0. The second kappa shape index (κ2) is 4.96. The maximum absolute atomic E-state index is 12.4. The van der Waals surface area contributed by atoms with Gasteiger partial charge in [-0.2, -0.15) is 0 Å². The zero-order valence-electron chi connectivity index (χ0n) is 12.0. The van der Waals surface area contributed by atoms with Crippen molar-refractivity contribution in [1.29, 1.82) is 0 Å². The van der Waals surface area contributed by atoms with Crippen molar-refractivity contribution in [2.24, 2.45) is 0 Å². The average molecular weight is 271 g/mol. The largest absolute Gasteiger partial charge is 0.477 e. The lowest BCUT2D eigenvalue weighted by atomic mass is 10.0. The van der Waals surface area contributed by atoms with Gasteiger partial charge < -0.3 is 5.11 Å². The monoisotopic (exact) mass is 271 g/mol. The lowest BCUT2D eigenvalue weighted by molar-refractivity contribution is 0.0694. The highest BCUT2D eigenvalue weighted by Gasteiger charge is 2.16. The van der Waals surface area contributed by atoms with Crippen molar-refractivity contribution in [2.75, 3.05) is 0 Å². The fourth-order valence-corrected chi connectivity index (χ4v) is 2.60. The van der Waals surface area contributed by atoms with Crippen LogP contribution in [0.25, 0.3) is 5.69 Å². The molecule has 1 aromatic carbocycles. The first-order valence-corrected chi connectivity index (χ1v) is 6.37. The van der Waals surface area contributed by atoms with Crippen LogP contribution in [-0.2, 0) is 0 Å². The van der Waals surface area contributed by atoms with Gasteiger partial charge in [0.25, 0.3) is 5.56 Å². The van der Waals surface area contributed by atoms with Crippen LogP contribution in [0.15, 0.2) is 29.1 Å². The van der Waals surface area contributed by atoms with Crippen molar-refractivity contribution < 1.29 is 9.90 Å². The highest BCUT2D eigenvalue weighted by molar-refractivity contribution is 5.87. The Labute approximate surface area is 117 Å². The SMILES string of the molecule is Cc1cc(C)c(-n2c(C)ccc(C(=O)O)c2=O)c(C)c1. The van der Waals surface area contributed by atoms with Gasteiger partial charge in [-0.15, -0.1) is 0 Å². The molecular formula is C16H17NO3. The molecule has 0 atom stereocenters. The van der Waals surface area contributed by atoms with E-state index in [2.05, 4.69) is 0 Å². The summed E-state index contributed by atoms with van der Waals surface area (Å²) in [6, 6.07) is 6.99. The van der Waals surface area contributed by atoms with Crippen LogP contribution in [0.1, 0.15) is 32.7 Å². The Morgan fingerprint density at radius 2 is 1.60 bits per heavy atom. The van der Waals surface area contributed by atoms with Crippen LogP contribution in [0, 0.1) is 27.7 Å². The lowest BCUT2D eigenvalue weighted by Gasteiger charge is -2.17. The Balaban J connectivity index is 2.87. The summed E-state index contributed by atoms with van der Waals surface area (Å²) in [4.78, 5) is 23.5. The number of hydrogen-bond donors (Lipinski definition) is 1. The standard InChI is InChI=1S/C16H17NO3/c1-9-7-10(2)14(11(3)8-9)17-12(4)5-6-13(15(17)18)16(19)20/h5-8H,1-4H3,(H,19,20). The number of nitrogens with zero attached hydrogens (tertiary/aromatic N) is 1. The van der Waals surface area contributed by atoms with Crippen molar-refractivity contribution in [1.82, 2.24) is 4.57 Å². The smallest absolute Gasteiger partial charge is 0.341 e. The molecule has 4 nitrogen and oxygen atoms in total. The summed E-state index contributed by atoms with van der Waals surface area (Å²) in [5.74, 6) is -1.20. The summed E-state index contributed by atoms with van der Waals surface area (Å²) in [6.45, 7) is 7.64. The summed E-state index contributed by atoms with van der Waals surface area (Å²) >= 11 is 0. The topological polar surface area (TPSA) is 59.3 Å². The Bertz CT molecular complexity index is 734. The zero-order chi connectivity index (χ0) is 15.0. The fraction of sp³-hybridized carbons (Fsp3) is 0.250. The minimum atomic E-state index is -1.20. The molecule has 1 aromatic heterocycles. The number of carboxylic acids is 1. The average Bonchev–Trinajstić information content (AvgIpc) is 2.31. The summed E-state index contributed by atoms with van der Waals surface area (Å²) < 4.78 is 1.48. The second-order valence-corrected chi connectivity index (χ2v) is 5.08. The lowest BCUT2D eigenvalue weighted by Crippen LogP contribution is -2.27. The molecule has 1 heterocycles. The Morgan fingerprint density at radius 1 is 1.05 bits per heavy atom. The summed E-state index contributed by atoms with van der Waals surface area (Å²) in [5, 5.41) is 9.10. The molecule has 2 rings (SSSR count). The van der Waals surface area contributed by atoms with Gasteiger partial charge in [-0.25, -0.2) is 4.79 Å². The van der Waals surface area contributed by atoms with Gasteiger partial charge in [0.2, 0.25) is 0 Å². The third kappa shape index (κ3) is 2.25. The number of aryl methyl sites for hydroxylation is 4. The minimum Gasteiger partial charge on any atom is -0.477 e. The molecule has 0 bridgehead atoms. The first-order chi connectivity index (χ1) is 9.32. The predicted octanol–water partition coefficient (Wildman–Crippen LogP) is 2.77. The predicted molar refractivity (Wildman–Crippen MR) is 77.9 cm³/mol. The van der Waals surface area contributed by atoms with Gasteiger partial charge in [-0.1, -0.05) is 17.7 Å². The van der Waals surface area contributed by atoms with E-state index in [0.29, 0.717) is 0 Å². The summed E-state index contributed by atoms with van der Waals surface area (Å²) in [7, 11) is 0. The van der Waals surface area contributed by atoms with Gasteiger partial charge in [0.15, 0.2) is 0 Å². The first-order valence-electron chi connectivity index (χ1n) is 6.37. The quantitative estimate of drug-likeness (QED) is 0.913. The molecule has 2 aromatic rings. The Hall–Kier alpha value is -2.36. The molecule has 0 aliphatic heterocycles. The molecule has 0 aliphatic rings. The number of aromatic nitrogens is 1. The van der Waals surface area contributed by atoms with Crippen molar-refractivity contribution in [3.05, 3.63) is 62.6 Å². The van der Waals surface area contributed by atoms with E-state index in [9.17, 15) is 9.59 Å². The molecule has 0 saturated heterocycles. The number of carboxylic acid groups (broad SMARTS) is 1. The third-order valence-electron chi connectivity index (χ3n) is 3.37. The Kier molecular flexibility index (Phi) is 3.49. The minimum absolute atomic E-state index is 0.213. The van der Waals surface area contributed by atoms with E-state index in [1.165, 1.54) is 10.6 Å². The number of rotatable bonds is 2. The van der Waals surface area contributed by atoms with E-state index < -0.39 is 11.5 Å². The molecule has 0 aliphatic carbocycles. The van der Waals surface area contributed by atoms with E-state index in [-0.39, 0.29) is 5.56 Å². The van der Waals surface area contributed by atoms with Crippen molar-refractivity contribution in [2.45, 2.75) is 27.7 Å².